The molecular formula is C19H22N2O4S. The van der Waals surface area contributed by atoms with Gasteiger partial charge < -0.3 is 10.1 Å². The van der Waals surface area contributed by atoms with E-state index in [0.717, 1.165) is 18.4 Å². The average Bonchev–Trinajstić information content (AvgIpc) is 3.22. The fraction of sp³-hybridized carbons (Fsp3) is 0.316. The van der Waals surface area contributed by atoms with Crippen molar-refractivity contribution in [2.45, 2.75) is 24.3 Å². The van der Waals surface area contributed by atoms with Gasteiger partial charge in [-0.15, -0.1) is 0 Å². The van der Waals surface area contributed by atoms with Crippen molar-refractivity contribution < 1.29 is 17.9 Å². The number of rotatable bonds is 6. The van der Waals surface area contributed by atoms with Crippen LogP contribution < -0.4 is 10.1 Å². The zero-order chi connectivity index (χ0) is 18.6. The van der Waals surface area contributed by atoms with E-state index in [1.807, 2.05) is 30.3 Å². The summed E-state index contributed by atoms with van der Waals surface area (Å²) in [6.07, 6.45) is 1.69. The normalized spacial score (nSPS) is 15.0. The van der Waals surface area contributed by atoms with E-state index >= 15 is 0 Å². The molecule has 0 unspecified atom stereocenters. The Labute approximate surface area is 153 Å². The van der Waals surface area contributed by atoms with Crippen LogP contribution in [0.3, 0.4) is 0 Å². The molecule has 3 rings (SSSR count). The number of hydrogen-bond acceptors (Lipinski definition) is 4. The fourth-order valence-corrected chi connectivity index (χ4v) is 4.67. The molecular weight excluding hydrogens is 352 g/mol. The van der Waals surface area contributed by atoms with E-state index in [9.17, 15) is 13.2 Å². The lowest BCUT2D eigenvalue weighted by Crippen LogP contribution is -2.29. The lowest BCUT2D eigenvalue weighted by molar-refractivity contribution is 0.0950. The smallest absolute Gasteiger partial charge is 0.251 e. The maximum absolute atomic E-state index is 12.9. The topological polar surface area (TPSA) is 75.7 Å². The molecule has 1 aliphatic rings. The standard InChI is InChI=1S/C19H22N2O4S/c1-25-17-10-9-16(19(22)20-14-15-7-3-2-4-8-15)13-18(17)26(23,24)21-11-5-6-12-21/h2-4,7-10,13H,5-6,11-12,14H2,1H3,(H,20,22). The highest BCUT2D eigenvalue weighted by Crippen LogP contribution is 2.29. The van der Waals surface area contributed by atoms with Gasteiger partial charge in [-0.05, 0) is 36.6 Å². The molecule has 2 aromatic rings. The van der Waals surface area contributed by atoms with E-state index in [1.165, 1.54) is 23.5 Å². The van der Waals surface area contributed by atoms with E-state index in [-0.39, 0.29) is 16.6 Å². The number of amides is 1. The van der Waals surface area contributed by atoms with Crippen molar-refractivity contribution in [2.75, 3.05) is 20.2 Å². The lowest BCUT2D eigenvalue weighted by atomic mass is 10.2. The molecule has 1 N–H and O–H groups in total. The Morgan fingerprint density at radius 2 is 1.81 bits per heavy atom. The molecule has 0 saturated carbocycles. The summed E-state index contributed by atoms with van der Waals surface area (Å²) in [5.74, 6) is -0.0779. The van der Waals surface area contributed by atoms with Gasteiger partial charge in [-0.2, -0.15) is 4.31 Å². The number of ether oxygens (including phenoxy) is 1. The van der Waals surface area contributed by atoms with Gasteiger partial charge in [-0.1, -0.05) is 30.3 Å². The molecule has 0 aliphatic carbocycles. The number of sulfonamides is 1. The maximum Gasteiger partial charge on any atom is 0.251 e. The lowest BCUT2D eigenvalue weighted by Gasteiger charge is -2.18. The molecule has 26 heavy (non-hydrogen) atoms. The van der Waals surface area contributed by atoms with E-state index in [4.69, 9.17) is 4.74 Å². The number of carbonyl (C=O) groups excluding carboxylic acids is 1. The molecule has 7 heteroatoms. The van der Waals surface area contributed by atoms with Gasteiger partial charge in [0.25, 0.3) is 5.91 Å². The first-order valence-corrected chi connectivity index (χ1v) is 9.96. The Morgan fingerprint density at radius 1 is 1.12 bits per heavy atom. The molecule has 0 radical (unpaired) electrons. The summed E-state index contributed by atoms with van der Waals surface area (Å²) in [5.41, 5.74) is 1.26. The first-order chi connectivity index (χ1) is 12.5. The van der Waals surface area contributed by atoms with Crippen molar-refractivity contribution >= 4 is 15.9 Å². The summed E-state index contributed by atoms with van der Waals surface area (Å²) >= 11 is 0. The van der Waals surface area contributed by atoms with Gasteiger partial charge in [0, 0.05) is 25.2 Å². The quantitative estimate of drug-likeness (QED) is 0.842. The van der Waals surface area contributed by atoms with Crippen LogP contribution in [0.25, 0.3) is 0 Å². The van der Waals surface area contributed by atoms with Gasteiger partial charge >= 0.3 is 0 Å². The Balaban J connectivity index is 1.83. The van der Waals surface area contributed by atoms with Crippen LogP contribution in [-0.2, 0) is 16.6 Å². The summed E-state index contributed by atoms with van der Waals surface area (Å²) in [4.78, 5) is 12.5. The van der Waals surface area contributed by atoms with Crippen molar-refractivity contribution in [3.63, 3.8) is 0 Å². The third-order valence-electron chi connectivity index (χ3n) is 4.40. The number of hydrogen-bond donors (Lipinski definition) is 1. The summed E-state index contributed by atoms with van der Waals surface area (Å²) in [6, 6.07) is 14.0. The van der Waals surface area contributed by atoms with E-state index in [1.54, 1.807) is 6.07 Å². The van der Waals surface area contributed by atoms with E-state index in [0.29, 0.717) is 25.2 Å². The molecule has 1 amide bonds. The first kappa shape index (κ1) is 18.4. The summed E-state index contributed by atoms with van der Waals surface area (Å²) in [5, 5.41) is 2.81. The van der Waals surface area contributed by atoms with Crippen LogP contribution >= 0.6 is 0 Å². The van der Waals surface area contributed by atoms with Crippen molar-refractivity contribution in [1.82, 2.24) is 9.62 Å². The second kappa shape index (κ2) is 7.88. The minimum absolute atomic E-state index is 0.0364. The molecule has 0 atom stereocenters. The number of benzene rings is 2. The maximum atomic E-state index is 12.9. The average molecular weight is 374 g/mol. The summed E-state index contributed by atoms with van der Waals surface area (Å²) in [6.45, 7) is 1.37. The van der Waals surface area contributed by atoms with Gasteiger partial charge in [0.2, 0.25) is 10.0 Å². The van der Waals surface area contributed by atoms with Crippen LogP contribution in [0.15, 0.2) is 53.4 Å². The molecule has 0 spiro atoms. The molecule has 1 fully saturated rings. The molecule has 1 aliphatic heterocycles. The van der Waals surface area contributed by atoms with E-state index in [2.05, 4.69) is 5.32 Å². The van der Waals surface area contributed by atoms with Crippen LogP contribution in [0.5, 0.6) is 5.75 Å². The SMILES string of the molecule is COc1ccc(C(=O)NCc2ccccc2)cc1S(=O)(=O)N1CCCC1. The van der Waals surface area contributed by atoms with Gasteiger partial charge in [0.05, 0.1) is 7.11 Å². The van der Waals surface area contributed by atoms with Crippen molar-refractivity contribution in [3.8, 4) is 5.75 Å². The Bertz CT molecular complexity index is 876. The Hall–Kier alpha value is -2.38. The Morgan fingerprint density at radius 3 is 2.46 bits per heavy atom. The fourth-order valence-electron chi connectivity index (χ4n) is 2.97. The number of carbonyl (C=O) groups is 1. The molecule has 2 aromatic carbocycles. The number of methoxy groups -OCH3 is 1. The highest BCUT2D eigenvalue weighted by Gasteiger charge is 2.30. The zero-order valence-electron chi connectivity index (χ0n) is 14.6. The Kier molecular flexibility index (Phi) is 5.58. The van der Waals surface area contributed by atoms with Gasteiger partial charge in [0.15, 0.2) is 0 Å². The van der Waals surface area contributed by atoms with Crippen molar-refractivity contribution in [3.05, 3.63) is 59.7 Å². The minimum Gasteiger partial charge on any atom is -0.495 e. The van der Waals surface area contributed by atoms with Gasteiger partial charge in [-0.25, -0.2) is 8.42 Å². The summed E-state index contributed by atoms with van der Waals surface area (Å²) < 4.78 is 32.4. The molecule has 1 heterocycles. The predicted molar refractivity (Wildman–Crippen MR) is 98.6 cm³/mol. The van der Waals surface area contributed by atoms with Crippen LogP contribution in [0.2, 0.25) is 0 Å². The largest absolute Gasteiger partial charge is 0.495 e. The van der Waals surface area contributed by atoms with Crippen molar-refractivity contribution in [1.29, 1.82) is 0 Å². The van der Waals surface area contributed by atoms with Crippen LogP contribution in [0.1, 0.15) is 28.8 Å². The minimum atomic E-state index is -3.68. The molecule has 0 aromatic heterocycles. The third kappa shape index (κ3) is 3.89. The molecule has 0 bridgehead atoms. The first-order valence-electron chi connectivity index (χ1n) is 8.52. The van der Waals surface area contributed by atoms with E-state index < -0.39 is 10.0 Å². The monoisotopic (exact) mass is 374 g/mol. The van der Waals surface area contributed by atoms with Crippen LogP contribution in [0.4, 0.5) is 0 Å². The highest BCUT2D eigenvalue weighted by atomic mass is 32.2. The summed E-state index contributed by atoms with van der Waals surface area (Å²) in [7, 11) is -2.25. The zero-order valence-corrected chi connectivity index (χ0v) is 15.5. The van der Waals surface area contributed by atoms with Gasteiger partial charge in [0.1, 0.15) is 10.6 Å². The third-order valence-corrected chi connectivity index (χ3v) is 6.32. The second-order valence-electron chi connectivity index (χ2n) is 6.15. The number of nitrogens with zero attached hydrogens (tertiary/aromatic N) is 1. The van der Waals surface area contributed by atoms with Crippen LogP contribution in [-0.4, -0.2) is 38.8 Å². The highest BCUT2D eigenvalue weighted by molar-refractivity contribution is 7.89. The second-order valence-corrected chi connectivity index (χ2v) is 8.05. The van der Waals surface area contributed by atoms with Gasteiger partial charge in [-0.3, -0.25) is 4.79 Å². The number of nitrogens with one attached hydrogen (secondary N) is 1. The predicted octanol–water partition coefficient (Wildman–Crippen LogP) is 2.41. The van der Waals surface area contributed by atoms with Crippen molar-refractivity contribution in [2.24, 2.45) is 0 Å². The van der Waals surface area contributed by atoms with Crippen LogP contribution in [0, 0.1) is 0 Å². The molecule has 6 nitrogen and oxygen atoms in total. The molecule has 138 valence electrons. The molecule has 1 saturated heterocycles.